The molecule has 1 aromatic carbocycles. The summed E-state index contributed by atoms with van der Waals surface area (Å²) in [5.74, 6) is 3.44. The Bertz CT molecular complexity index is 1040. The van der Waals surface area contributed by atoms with Gasteiger partial charge < -0.3 is 10.6 Å². The van der Waals surface area contributed by atoms with Crippen LogP contribution in [0.4, 0.5) is 10.5 Å². The highest BCUT2D eigenvalue weighted by Gasteiger charge is 2.51. The Hall–Kier alpha value is -2.37. The number of ketones is 1. The Morgan fingerprint density at radius 3 is 2.21 bits per heavy atom. The van der Waals surface area contributed by atoms with Crippen molar-refractivity contribution in [2.45, 2.75) is 102 Å². The number of rotatable bonds is 6. The second-order valence-electron chi connectivity index (χ2n) is 13.3. The van der Waals surface area contributed by atoms with Crippen LogP contribution in [0.15, 0.2) is 24.3 Å². The second-order valence-corrected chi connectivity index (χ2v) is 13.3. The van der Waals surface area contributed by atoms with E-state index in [0.29, 0.717) is 29.9 Å². The van der Waals surface area contributed by atoms with Crippen LogP contribution in [-0.4, -0.2) is 41.2 Å². The molecule has 2 unspecified atom stereocenters. The molecule has 6 heteroatoms. The number of hydrogen-bond donors (Lipinski definition) is 1. The third-order valence-electron chi connectivity index (χ3n) is 10.9. The number of carbonyl (C=O) groups is 3. The molecule has 1 heterocycles. The van der Waals surface area contributed by atoms with Crippen LogP contribution in [0, 0.1) is 42.4 Å². The first kappa shape index (κ1) is 25.9. The fraction of sp³-hybridized carbons (Fsp3) is 0.719. The Balaban J connectivity index is 1.29. The lowest BCUT2D eigenvalue weighted by Crippen LogP contribution is -2.57. The minimum atomic E-state index is -0.658. The van der Waals surface area contributed by atoms with Crippen molar-refractivity contribution in [1.82, 2.24) is 4.90 Å². The number of carbonyl (C=O) groups excluding carboxylic acids is 3. The number of benzene rings is 1. The number of hydrogen-bond acceptors (Lipinski definition) is 3. The Labute approximate surface area is 227 Å². The van der Waals surface area contributed by atoms with Gasteiger partial charge in [-0.25, -0.2) is 4.79 Å². The molecule has 6 aliphatic rings. The molecule has 4 bridgehead atoms. The van der Waals surface area contributed by atoms with Crippen molar-refractivity contribution < 1.29 is 14.4 Å². The first-order valence-electron chi connectivity index (χ1n) is 15.4. The Morgan fingerprint density at radius 1 is 0.895 bits per heavy atom. The van der Waals surface area contributed by atoms with Crippen molar-refractivity contribution in [3.8, 4) is 0 Å². The molecule has 7 rings (SSSR count). The van der Waals surface area contributed by atoms with Crippen LogP contribution in [0.5, 0.6) is 0 Å². The number of Topliss-reactive ketones (excluding diaryl/α,β-unsaturated/α-hetero) is 1. The second kappa shape index (κ2) is 10.7. The maximum atomic E-state index is 14.5. The number of nitrogens with two attached hydrogens (primary N) is 1. The standard InChI is InChI=1S/C32H45N3O3/c1-20-7-5-10-26(13-20)35(32(33)38)28-12-6-11-27(23-8-3-2-4-9-23)34(31(28)37)19-29(36)30-24-15-21-14-22(17-24)18-25(30)16-21/h5,7,10,13,21-25,27-28,30H,2-4,6,8-9,11-12,14-19H2,1H3,(H2,33,38). The fourth-order valence-electron chi connectivity index (χ4n) is 9.56. The summed E-state index contributed by atoms with van der Waals surface area (Å²) in [6, 6.07) is 6.49. The molecule has 2 N–H and O–H groups in total. The molecule has 5 saturated carbocycles. The highest BCUT2D eigenvalue weighted by molar-refractivity contribution is 6.00. The zero-order valence-corrected chi connectivity index (χ0v) is 23.0. The summed E-state index contributed by atoms with van der Waals surface area (Å²) in [5, 5.41) is 0. The number of anilines is 1. The van der Waals surface area contributed by atoms with Gasteiger partial charge in [-0.1, -0.05) is 31.4 Å². The van der Waals surface area contributed by atoms with E-state index >= 15 is 0 Å². The predicted octanol–water partition coefficient (Wildman–Crippen LogP) is 5.85. The number of likely N-dealkylation sites (tertiary alicyclic amines) is 1. The highest BCUT2D eigenvalue weighted by Crippen LogP contribution is 2.56. The van der Waals surface area contributed by atoms with Crippen LogP contribution in [0.25, 0.3) is 0 Å². The van der Waals surface area contributed by atoms with Crippen molar-refractivity contribution >= 4 is 23.4 Å². The summed E-state index contributed by atoms with van der Waals surface area (Å²) in [7, 11) is 0. The molecule has 1 aliphatic heterocycles. The lowest BCUT2D eigenvalue weighted by atomic mass is 9.51. The Kier molecular flexibility index (Phi) is 7.26. The van der Waals surface area contributed by atoms with Gasteiger partial charge in [0, 0.05) is 17.6 Å². The van der Waals surface area contributed by atoms with Gasteiger partial charge in [-0.15, -0.1) is 0 Å². The fourth-order valence-corrected chi connectivity index (χ4v) is 9.56. The van der Waals surface area contributed by atoms with E-state index in [1.807, 2.05) is 36.1 Å². The summed E-state index contributed by atoms with van der Waals surface area (Å²) in [6.07, 6.45) is 14.4. The van der Waals surface area contributed by atoms with Crippen LogP contribution in [0.1, 0.15) is 89.0 Å². The molecular weight excluding hydrogens is 474 g/mol. The van der Waals surface area contributed by atoms with Gasteiger partial charge in [0.2, 0.25) is 5.91 Å². The number of amides is 3. The first-order valence-corrected chi connectivity index (χ1v) is 15.4. The predicted molar refractivity (Wildman–Crippen MR) is 148 cm³/mol. The van der Waals surface area contributed by atoms with Crippen molar-refractivity contribution in [1.29, 1.82) is 0 Å². The molecule has 1 saturated heterocycles. The number of urea groups is 1. The molecule has 2 atom stereocenters. The van der Waals surface area contributed by atoms with Crippen molar-refractivity contribution in [2.75, 3.05) is 11.4 Å². The normalized spacial score (nSPS) is 35.2. The molecular formula is C32H45N3O3. The average molecular weight is 520 g/mol. The lowest BCUT2D eigenvalue weighted by Gasteiger charge is -2.54. The van der Waals surface area contributed by atoms with Gasteiger partial charge in [-0.3, -0.25) is 14.5 Å². The quantitative estimate of drug-likeness (QED) is 0.512. The summed E-state index contributed by atoms with van der Waals surface area (Å²) >= 11 is 0. The molecule has 206 valence electrons. The van der Waals surface area contributed by atoms with Gasteiger partial charge in [-0.05, 0) is 118 Å². The van der Waals surface area contributed by atoms with E-state index < -0.39 is 12.1 Å². The number of nitrogens with zero attached hydrogens (tertiary/aromatic N) is 2. The third-order valence-corrected chi connectivity index (χ3v) is 10.9. The molecule has 0 spiro atoms. The van der Waals surface area contributed by atoms with Crippen molar-refractivity contribution in [3.63, 3.8) is 0 Å². The van der Waals surface area contributed by atoms with E-state index in [2.05, 4.69) is 0 Å². The van der Waals surface area contributed by atoms with Crippen LogP contribution in [0.3, 0.4) is 0 Å². The van der Waals surface area contributed by atoms with E-state index in [1.165, 1.54) is 56.3 Å². The van der Waals surface area contributed by atoms with Crippen LogP contribution in [-0.2, 0) is 9.59 Å². The van der Waals surface area contributed by atoms with Crippen LogP contribution in [0.2, 0.25) is 0 Å². The van der Waals surface area contributed by atoms with Gasteiger partial charge in [-0.2, -0.15) is 0 Å². The maximum Gasteiger partial charge on any atom is 0.320 e. The van der Waals surface area contributed by atoms with Gasteiger partial charge in [0.1, 0.15) is 6.04 Å². The van der Waals surface area contributed by atoms with E-state index in [1.54, 1.807) is 0 Å². The lowest BCUT2D eigenvalue weighted by molar-refractivity contribution is -0.146. The number of primary amides is 1. The monoisotopic (exact) mass is 519 g/mol. The minimum absolute atomic E-state index is 0.0736. The van der Waals surface area contributed by atoms with E-state index in [4.69, 9.17) is 5.73 Å². The molecule has 5 aliphatic carbocycles. The highest BCUT2D eigenvalue weighted by atomic mass is 16.2. The topological polar surface area (TPSA) is 83.7 Å². The molecule has 0 aromatic heterocycles. The average Bonchev–Trinajstić information content (AvgIpc) is 3.03. The molecule has 6 fully saturated rings. The van der Waals surface area contributed by atoms with E-state index in [-0.39, 0.29) is 30.2 Å². The Morgan fingerprint density at radius 2 is 1.58 bits per heavy atom. The van der Waals surface area contributed by atoms with Crippen molar-refractivity contribution in [3.05, 3.63) is 29.8 Å². The van der Waals surface area contributed by atoms with E-state index in [0.717, 1.165) is 43.1 Å². The minimum Gasteiger partial charge on any atom is -0.351 e. The molecule has 1 aromatic rings. The van der Waals surface area contributed by atoms with E-state index in [9.17, 15) is 14.4 Å². The molecule has 6 nitrogen and oxygen atoms in total. The van der Waals surface area contributed by atoms with Gasteiger partial charge in [0.05, 0.1) is 6.54 Å². The molecule has 38 heavy (non-hydrogen) atoms. The summed E-state index contributed by atoms with van der Waals surface area (Å²) in [5.41, 5.74) is 7.62. The van der Waals surface area contributed by atoms with Crippen molar-refractivity contribution in [2.24, 2.45) is 41.2 Å². The third kappa shape index (κ3) is 4.88. The molecule has 0 radical (unpaired) electrons. The summed E-state index contributed by atoms with van der Waals surface area (Å²) in [6.45, 7) is 2.19. The van der Waals surface area contributed by atoms with Gasteiger partial charge in [0.25, 0.3) is 0 Å². The zero-order valence-electron chi connectivity index (χ0n) is 23.0. The maximum absolute atomic E-state index is 14.5. The number of aryl methyl sites for hydroxylation is 1. The van der Waals surface area contributed by atoms with Crippen LogP contribution >= 0.6 is 0 Å². The van der Waals surface area contributed by atoms with Crippen LogP contribution < -0.4 is 10.6 Å². The smallest absolute Gasteiger partial charge is 0.320 e. The van der Waals surface area contributed by atoms with Gasteiger partial charge in [0.15, 0.2) is 5.78 Å². The van der Waals surface area contributed by atoms with Gasteiger partial charge >= 0.3 is 6.03 Å². The largest absolute Gasteiger partial charge is 0.351 e. The first-order chi connectivity index (χ1) is 18.4. The zero-order chi connectivity index (χ0) is 26.4. The molecule has 3 amide bonds. The summed E-state index contributed by atoms with van der Waals surface area (Å²) < 4.78 is 0. The SMILES string of the molecule is Cc1cccc(N(C(N)=O)C2CCCC(C3CCCCC3)N(CC(=O)C3C4CC5CC(C4)CC3C5)C2=O)c1. The summed E-state index contributed by atoms with van der Waals surface area (Å²) in [4.78, 5) is 44.8.